The first-order valence-corrected chi connectivity index (χ1v) is 2.12. The SMILES string of the molecule is [B]c1occc1C=O. The molecule has 0 unspecified atom stereocenters. The van der Waals surface area contributed by atoms with Gasteiger partial charge in [-0.2, -0.15) is 0 Å². The smallest absolute Gasteiger partial charge is 0.168 e. The molecule has 1 rings (SSSR count). The van der Waals surface area contributed by atoms with E-state index >= 15 is 0 Å². The first-order valence-electron chi connectivity index (χ1n) is 2.12. The summed E-state index contributed by atoms with van der Waals surface area (Å²) in [5.41, 5.74) is 0.588. The molecule has 0 N–H and O–H groups in total. The fourth-order valence-corrected chi connectivity index (χ4v) is 0.428. The van der Waals surface area contributed by atoms with Crippen molar-refractivity contribution < 1.29 is 9.21 Å². The zero-order valence-electron chi connectivity index (χ0n) is 4.13. The molecule has 0 amide bonds. The molecule has 38 valence electrons. The van der Waals surface area contributed by atoms with Gasteiger partial charge < -0.3 is 4.42 Å². The third-order valence-electron chi connectivity index (χ3n) is 0.854. The van der Waals surface area contributed by atoms with Gasteiger partial charge in [0.2, 0.25) is 0 Å². The summed E-state index contributed by atoms with van der Waals surface area (Å²) in [6.07, 6.45) is 2.03. The highest BCUT2D eigenvalue weighted by molar-refractivity contribution is 6.32. The Morgan fingerprint density at radius 1 is 1.75 bits per heavy atom. The Kier molecular flexibility index (Phi) is 1.20. The summed E-state index contributed by atoms with van der Waals surface area (Å²) in [6, 6.07) is 1.52. The maximum atomic E-state index is 9.95. The van der Waals surface area contributed by atoms with Crippen LogP contribution in [0.1, 0.15) is 10.4 Å². The highest BCUT2D eigenvalue weighted by atomic mass is 16.3. The molecule has 0 saturated heterocycles. The maximum absolute atomic E-state index is 9.95. The molecule has 0 spiro atoms. The highest BCUT2D eigenvalue weighted by Crippen LogP contribution is 1.88. The van der Waals surface area contributed by atoms with Crippen molar-refractivity contribution in [2.45, 2.75) is 0 Å². The van der Waals surface area contributed by atoms with Crippen LogP contribution in [0.4, 0.5) is 0 Å². The molecular weight excluding hydrogens is 103 g/mol. The van der Waals surface area contributed by atoms with Gasteiger partial charge in [-0.1, -0.05) is 0 Å². The van der Waals surface area contributed by atoms with Crippen LogP contribution >= 0.6 is 0 Å². The molecule has 2 radical (unpaired) electrons. The number of carbonyl (C=O) groups excluding carboxylic acids is 1. The Balaban J connectivity index is 3.09. The Hall–Kier alpha value is -0.985. The van der Waals surface area contributed by atoms with E-state index in [-0.39, 0.29) is 5.66 Å². The Labute approximate surface area is 47.9 Å². The van der Waals surface area contributed by atoms with Gasteiger partial charge in [0.1, 0.15) is 0 Å². The molecule has 0 saturated carbocycles. The van der Waals surface area contributed by atoms with Crippen molar-refractivity contribution in [1.29, 1.82) is 0 Å². The lowest BCUT2D eigenvalue weighted by Gasteiger charge is -1.79. The lowest BCUT2D eigenvalue weighted by Crippen LogP contribution is -2.02. The van der Waals surface area contributed by atoms with Crippen LogP contribution in [0.25, 0.3) is 0 Å². The van der Waals surface area contributed by atoms with Crippen molar-refractivity contribution >= 4 is 19.8 Å². The van der Waals surface area contributed by atoms with Gasteiger partial charge >= 0.3 is 0 Å². The van der Waals surface area contributed by atoms with Gasteiger partial charge in [-0.15, -0.1) is 0 Å². The fourth-order valence-electron chi connectivity index (χ4n) is 0.428. The molecule has 0 bridgehead atoms. The lowest BCUT2D eigenvalue weighted by molar-refractivity contribution is 0.112. The molecule has 1 aromatic rings. The molecule has 1 aromatic heterocycles. The van der Waals surface area contributed by atoms with Crippen molar-refractivity contribution in [2.75, 3.05) is 0 Å². The summed E-state index contributed by atoms with van der Waals surface area (Å²) in [4.78, 5) is 9.95. The average molecular weight is 106 g/mol. The van der Waals surface area contributed by atoms with Gasteiger partial charge in [-0.3, -0.25) is 4.79 Å². The molecular formula is C5H3BO2. The number of carbonyl (C=O) groups is 1. The summed E-state index contributed by atoms with van der Waals surface area (Å²) in [5, 5.41) is 0. The van der Waals surface area contributed by atoms with E-state index in [2.05, 4.69) is 4.42 Å². The van der Waals surface area contributed by atoms with Gasteiger partial charge in [0.25, 0.3) is 0 Å². The van der Waals surface area contributed by atoms with Crippen LogP contribution < -0.4 is 5.66 Å². The number of hydrogen-bond acceptors (Lipinski definition) is 2. The second kappa shape index (κ2) is 1.86. The average Bonchev–Trinajstić information content (AvgIpc) is 2.14. The van der Waals surface area contributed by atoms with E-state index in [1.54, 1.807) is 0 Å². The van der Waals surface area contributed by atoms with E-state index in [0.717, 1.165) is 0 Å². The van der Waals surface area contributed by atoms with Crippen molar-refractivity contribution in [2.24, 2.45) is 0 Å². The zero-order valence-corrected chi connectivity index (χ0v) is 4.13. The molecule has 2 nitrogen and oxygen atoms in total. The van der Waals surface area contributed by atoms with Gasteiger partial charge in [-0.25, -0.2) is 0 Å². The topological polar surface area (TPSA) is 30.2 Å². The van der Waals surface area contributed by atoms with E-state index in [1.165, 1.54) is 12.3 Å². The molecule has 0 fully saturated rings. The standard InChI is InChI=1S/C5H3BO2/c6-5-4(3-7)1-2-8-5/h1-3H. The van der Waals surface area contributed by atoms with Crippen LogP contribution in [0, 0.1) is 0 Å². The molecule has 1 heterocycles. The van der Waals surface area contributed by atoms with E-state index in [9.17, 15) is 4.79 Å². The van der Waals surface area contributed by atoms with Gasteiger partial charge in [0, 0.05) is 5.56 Å². The van der Waals surface area contributed by atoms with Crippen molar-refractivity contribution in [1.82, 2.24) is 0 Å². The minimum absolute atomic E-state index is 0.181. The first kappa shape index (κ1) is 5.16. The second-order valence-electron chi connectivity index (χ2n) is 1.36. The minimum Gasteiger partial charge on any atom is -0.480 e. The molecule has 0 aromatic carbocycles. The van der Waals surface area contributed by atoms with Crippen LogP contribution in [0.3, 0.4) is 0 Å². The van der Waals surface area contributed by atoms with Crippen molar-refractivity contribution in [3.63, 3.8) is 0 Å². The van der Waals surface area contributed by atoms with Crippen LogP contribution in [0.5, 0.6) is 0 Å². The molecule has 3 heteroatoms. The summed E-state index contributed by atoms with van der Waals surface area (Å²) in [6.45, 7) is 0. The predicted octanol–water partition coefficient (Wildman–Crippen LogP) is -0.114. The van der Waals surface area contributed by atoms with Crippen LogP contribution in [0.2, 0.25) is 0 Å². The Morgan fingerprint density at radius 3 is 2.75 bits per heavy atom. The summed E-state index contributed by atoms with van der Waals surface area (Å²) in [7, 11) is 5.15. The van der Waals surface area contributed by atoms with Crippen LogP contribution in [-0.4, -0.2) is 14.1 Å². The number of aldehydes is 1. The Bertz CT molecular complexity index is 192. The number of furan rings is 1. The quantitative estimate of drug-likeness (QED) is 0.369. The minimum atomic E-state index is 0.181. The zero-order chi connectivity index (χ0) is 5.98. The van der Waals surface area contributed by atoms with Crippen LogP contribution in [-0.2, 0) is 0 Å². The van der Waals surface area contributed by atoms with Crippen molar-refractivity contribution in [3.8, 4) is 0 Å². The molecule has 8 heavy (non-hydrogen) atoms. The lowest BCUT2D eigenvalue weighted by atomic mass is 10.0. The van der Waals surface area contributed by atoms with Crippen LogP contribution in [0.15, 0.2) is 16.7 Å². The predicted molar refractivity (Wildman–Crippen MR) is 29.5 cm³/mol. The molecule has 0 aliphatic carbocycles. The fraction of sp³-hybridized carbons (Fsp3) is 0. The number of rotatable bonds is 1. The van der Waals surface area contributed by atoms with Gasteiger partial charge in [-0.05, 0) is 6.07 Å². The summed E-state index contributed by atoms with van der Waals surface area (Å²) < 4.78 is 4.60. The monoisotopic (exact) mass is 106 g/mol. The highest BCUT2D eigenvalue weighted by Gasteiger charge is 1.94. The normalized spacial score (nSPS) is 9.00. The summed E-state index contributed by atoms with van der Waals surface area (Å²) in [5.74, 6) is 0. The van der Waals surface area contributed by atoms with E-state index < -0.39 is 0 Å². The van der Waals surface area contributed by atoms with E-state index in [1.807, 2.05) is 0 Å². The largest absolute Gasteiger partial charge is 0.480 e. The maximum Gasteiger partial charge on any atom is 0.168 e. The molecule has 0 aliphatic rings. The first-order chi connectivity index (χ1) is 3.84. The van der Waals surface area contributed by atoms with E-state index in [4.69, 9.17) is 7.85 Å². The third kappa shape index (κ3) is 0.666. The Morgan fingerprint density at radius 2 is 2.50 bits per heavy atom. The second-order valence-corrected chi connectivity index (χ2v) is 1.36. The van der Waals surface area contributed by atoms with Gasteiger partial charge in [0.15, 0.2) is 14.1 Å². The molecule has 0 atom stereocenters. The van der Waals surface area contributed by atoms with Crippen molar-refractivity contribution in [3.05, 3.63) is 17.9 Å². The molecule has 0 aliphatic heterocycles. The number of hydrogen-bond donors (Lipinski definition) is 0. The van der Waals surface area contributed by atoms with E-state index in [0.29, 0.717) is 11.8 Å². The summed E-state index contributed by atoms with van der Waals surface area (Å²) >= 11 is 0. The third-order valence-corrected chi connectivity index (χ3v) is 0.854. The van der Waals surface area contributed by atoms with Gasteiger partial charge in [0.05, 0.1) is 11.9 Å².